The van der Waals surface area contributed by atoms with Crippen molar-refractivity contribution in [3.8, 4) is 0 Å². The quantitative estimate of drug-likeness (QED) is 0.715. The molecule has 0 aliphatic heterocycles. The Morgan fingerprint density at radius 3 is 2.71 bits per heavy atom. The van der Waals surface area contributed by atoms with Crippen molar-refractivity contribution < 1.29 is 0 Å². The molecule has 3 heteroatoms. The lowest BCUT2D eigenvalue weighted by Gasteiger charge is -2.17. The standard InChI is InChI=1S/C14H27N3/c1-4-7-13(15-11-5-2)8-9-14-10-12-16-17(14)6-3/h10,12-13,15H,4-9,11H2,1-3H3. The van der Waals surface area contributed by atoms with E-state index in [2.05, 4.69) is 41.9 Å². The van der Waals surface area contributed by atoms with Gasteiger partial charge in [0.2, 0.25) is 0 Å². The van der Waals surface area contributed by atoms with Gasteiger partial charge in [0.25, 0.3) is 0 Å². The second-order valence-electron chi connectivity index (χ2n) is 4.62. The van der Waals surface area contributed by atoms with Crippen LogP contribution in [0.4, 0.5) is 0 Å². The highest BCUT2D eigenvalue weighted by Gasteiger charge is 2.08. The first-order chi connectivity index (χ1) is 8.31. The molecule has 0 amide bonds. The second kappa shape index (κ2) is 8.29. The number of aromatic nitrogens is 2. The molecule has 1 unspecified atom stereocenters. The molecule has 1 heterocycles. The Bertz CT molecular complexity index is 293. The van der Waals surface area contributed by atoms with Gasteiger partial charge in [-0.05, 0) is 45.2 Å². The first-order valence-corrected chi connectivity index (χ1v) is 7.05. The predicted octanol–water partition coefficient (Wildman–Crippen LogP) is 3.00. The zero-order valence-electron chi connectivity index (χ0n) is 11.6. The van der Waals surface area contributed by atoms with Crippen LogP contribution in [0.25, 0.3) is 0 Å². The third-order valence-electron chi connectivity index (χ3n) is 3.17. The number of rotatable bonds is 9. The van der Waals surface area contributed by atoms with Crippen molar-refractivity contribution in [2.75, 3.05) is 6.54 Å². The van der Waals surface area contributed by atoms with Gasteiger partial charge in [0, 0.05) is 24.5 Å². The van der Waals surface area contributed by atoms with Crippen LogP contribution in [0, 0.1) is 0 Å². The Hall–Kier alpha value is -0.830. The smallest absolute Gasteiger partial charge is 0.0492 e. The van der Waals surface area contributed by atoms with Crippen LogP contribution in [-0.4, -0.2) is 22.4 Å². The number of nitrogens with zero attached hydrogens (tertiary/aromatic N) is 2. The van der Waals surface area contributed by atoms with Gasteiger partial charge >= 0.3 is 0 Å². The topological polar surface area (TPSA) is 29.9 Å². The SMILES string of the molecule is CCCNC(CCC)CCc1ccnn1CC. The van der Waals surface area contributed by atoms with Crippen LogP contribution < -0.4 is 5.32 Å². The second-order valence-corrected chi connectivity index (χ2v) is 4.62. The zero-order chi connectivity index (χ0) is 12.5. The van der Waals surface area contributed by atoms with Crippen molar-refractivity contribution in [2.24, 2.45) is 0 Å². The molecule has 1 rings (SSSR count). The van der Waals surface area contributed by atoms with Crippen molar-refractivity contribution in [3.63, 3.8) is 0 Å². The molecular formula is C14H27N3. The summed E-state index contributed by atoms with van der Waals surface area (Å²) in [6.07, 6.45) is 8.02. The summed E-state index contributed by atoms with van der Waals surface area (Å²) >= 11 is 0. The fraction of sp³-hybridized carbons (Fsp3) is 0.786. The molecule has 1 aromatic rings. The third kappa shape index (κ3) is 4.90. The van der Waals surface area contributed by atoms with E-state index in [0.29, 0.717) is 6.04 Å². The van der Waals surface area contributed by atoms with E-state index in [0.717, 1.165) is 19.5 Å². The largest absolute Gasteiger partial charge is 0.314 e. The molecule has 17 heavy (non-hydrogen) atoms. The van der Waals surface area contributed by atoms with E-state index in [1.165, 1.54) is 31.4 Å². The lowest BCUT2D eigenvalue weighted by Crippen LogP contribution is -2.30. The Morgan fingerprint density at radius 1 is 1.24 bits per heavy atom. The van der Waals surface area contributed by atoms with Crippen LogP contribution in [0.5, 0.6) is 0 Å². The summed E-state index contributed by atoms with van der Waals surface area (Å²) in [5, 5.41) is 7.96. The predicted molar refractivity (Wildman–Crippen MR) is 73.2 cm³/mol. The Morgan fingerprint density at radius 2 is 2.06 bits per heavy atom. The lowest BCUT2D eigenvalue weighted by atomic mass is 10.0. The van der Waals surface area contributed by atoms with Gasteiger partial charge in [-0.2, -0.15) is 5.10 Å². The Labute approximate surface area is 106 Å². The maximum Gasteiger partial charge on any atom is 0.0492 e. The van der Waals surface area contributed by atoms with E-state index in [-0.39, 0.29) is 0 Å². The summed E-state index contributed by atoms with van der Waals surface area (Å²) in [6.45, 7) is 8.75. The van der Waals surface area contributed by atoms with Crippen molar-refractivity contribution in [2.45, 2.75) is 65.5 Å². The van der Waals surface area contributed by atoms with Crippen LogP contribution in [0.15, 0.2) is 12.3 Å². The molecule has 98 valence electrons. The molecule has 0 bridgehead atoms. The Balaban J connectivity index is 2.39. The minimum Gasteiger partial charge on any atom is -0.314 e. The van der Waals surface area contributed by atoms with Crippen molar-refractivity contribution in [1.29, 1.82) is 0 Å². The van der Waals surface area contributed by atoms with Crippen LogP contribution >= 0.6 is 0 Å². The molecule has 0 spiro atoms. The van der Waals surface area contributed by atoms with Gasteiger partial charge in [-0.1, -0.05) is 20.3 Å². The molecule has 0 radical (unpaired) electrons. The van der Waals surface area contributed by atoms with Crippen LogP contribution in [0.1, 0.15) is 52.1 Å². The van der Waals surface area contributed by atoms with Crippen LogP contribution in [0.3, 0.4) is 0 Å². The van der Waals surface area contributed by atoms with Gasteiger partial charge in [0.1, 0.15) is 0 Å². The molecule has 0 saturated heterocycles. The minimum absolute atomic E-state index is 0.667. The lowest BCUT2D eigenvalue weighted by molar-refractivity contribution is 0.442. The summed E-state index contributed by atoms with van der Waals surface area (Å²) < 4.78 is 2.10. The molecular weight excluding hydrogens is 210 g/mol. The van der Waals surface area contributed by atoms with E-state index >= 15 is 0 Å². The highest BCUT2D eigenvalue weighted by molar-refractivity contribution is 5.01. The first-order valence-electron chi connectivity index (χ1n) is 7.05. The summed E-state index contributed by atoms with van der Waals surface area (Å²) in [7, 11) is 0. The van der Waals surface area contributed by atoms with E-state index in [4.69, 9.17) is 0 Å². The summed E-state index contributed by atoms with van der Waals surface area (Å²) in [6, 6.07) is 2.81. The highest BCUT2D eigenvalue weighted by atomic mass is 15.3. The van der Waals surface area contributed by atoms with Crippen LogP contribution in [-0.2, 0) is 13.0 Å². The molecule has 0 saturated carbocycles. The number of aryl methyl sites for hydroxylation is 2. The number of hydrogen-bond donors (Lipinski definition) is 1. The molecule has 0 aromatic carbocycles. The summed E-state index contributed by atoms with van der Waals surface area (Å²) in [5.41, 5.74) is 1.37. The van der Waals surface area contributed by atoms with Crippen LogP contribution in [0.2, 0.25) is 0 Å². The van der Waals surface area contributed by atoms with Gasteiger partial charge < -0.3 is 5.32 Å². The number of hydrogen-bond acceptors (Lipinski definition) is 2. The Kier molecular flexibility index (Phi) is 6.94. The minimum atomic E-state index is 0.667. The fourth-order valence-corrected chi connectivity index (χ4v) is 2.22. The molecule has 0 fully saturated rings. The molecule has 1 N–H and O–H groups in total. The average molecular weight is 237 g/mol. The molecule has 1 atom stereocenters. The van der Waals surface area contributed by atoms with Gasteiger partial charge in [-0.25, -0.2) is 0 Å². The summed E-state index contributed by atoms with van der Waals surface area (Å²) in [4.78, 5) is 0. The normalized spacial score (nSPS) is 12.9. The highest BCUT2D eigenvalue weighted by Crippen LogP contribution is 2.09. The average Bonchev–Trinajstić information content (AvgIpc) is 2.80. The molecule has 3 nitrogen and oxygen atoms in total. The zero-order valence-corrected chi connectivity index (χ0v) is 11.6. The van der Waals surface area contributed by atoms with Gasteiger partial charge in [0.05, 0.1) is 0 Å². The molecule has 0 aliphatic carbocycles. The van der Waals surface area contributed by atoms with E-state index in [1.54, 1.807) is 0 Å². The fourth-order valence-electron chi connectivity index (χ4n) is 2.22. The van der Waals surface area contributed by atoms with Gasteiger partial charge in [-0.3, -0.25) is 4.68 Å². The monoisotopic (exact) mass is 237 g/mol. The van der Waals surface area contributed by atoms with E-state index in [9.17, 15) is 0 Å². The van der Waals surface area contributed by atoms with Gasteiger partial charge in [-0.15, -0.1) is 0 Å². The van der Waals surface area contributed by atoms with Crippen molar-refractivity contribution in [1.82, 2.24) is 15.1 Å². The number of nitrogens with one attached hydrogen (secondary N) is 1. The van der Waals surface area contributed by atoms with E-state index in [1.807, 2.05) is 6.20 Å². The first kappa shape index (κ1) is 14.2. The maximum atomic E-state index is 4.32. The van der Waals surface area contributed by atoms with Crippen molar-refractivity contribution in [3.05, 3.63) is 18.0 Å². The maximum absolute atomic E-state index is 4.32. The van der Waals surface area contributed by atoms with E-state index < -0.39 is 0 Å². The van der Waals surface area contributed by atoms with Gasteiger partial charge in [0.15, 0.2) is 0 Å². The molecule has 1 aromatic heterocycles. The molecule has 0 aliphatic rings. The third-order valence-corrected chi connectivity index (χ3v) is 3.17. The van der Waals surface area contributed by atoms with Crippen molar-refractivity contribution >= 4 is 0 Å². The summed E-state index contributed by atoms with van der Waals surface area (Å²) in [5.74, 6) is 0.